The number of amides is 1. The van der Waals surface area contributed by atoms with E-state index in [-0.39, 0.29) is 11.8 Å². The van der Waals surface area contributed by atoms with E-state index in [1.54, 1.807) is 0 Å². The second-order valence-corrected chi connectivity index (χ2v) is 8.07. The molecule has 0 bridgehead atoms. The third kappa shape index (κ3) is 4.67. The van der Waals surface area contributed by atoms with Gasteiger partial charge in [0, 0.05) is 25.2 Å². The van der Waals surface area contributed by atoms with Gasteiger partial charge in [0.25, 0.3) is 0 Å². The molecule has 1 atom stereocenters. The van der Waals surface area contributed by atoms with E-state index in [0.29, 0.717) is 13.1 Å². The Morgan fingerprint density at radius 3 is 2.57 bits per heavy atom. The summed E-state index contributed by atoms with van der Waals surface area (Å²) in [6, 6.07) is 20.5. The lowest BCUT2D eigenvalue weighted by Crippen LogP contribution is -2.43. The fourth-order valence-corrected chi connectivity index (χ4v) is 3.91. The third-order valence-electron chi connectivity index (χ3n) is 5.83. The molecule has 0 spiro atoms. The first-order valence-electron chi connectivity index (χ1n) is 10.6. The summed E-state index contributed by atoms with van der Waals surface area (Å²) in [5, 5.41) is 12.0. The maximum atomic E-state index is 12.8. The molecule has 1 amide bonds. The number of hydrogen-bond donors (Lipinski definition) is 1. The molecule has 154 valence electrons. The molecule has 1 fully saturated rings. The molecule has 2 heterocycles. The predicted molar refractivity (Wildman–Crippen MR) is 120 cm³/mol. The number of aromatic nitrogens is 2. The minimum absolute atomic E-state index is 0.0265. The van der Waals surface area contributed by atoms with Crippen molar-refractivity contribution in [1.29, 1.82) is 0 Å². The molecule has 0 unspecified atom stereocenters. The molecule has 1 aliphatic heterocycles. The highest BCUT2D eigenvalue weighted by atomic mass is 16.1. The molecule has 30 heavy (non-hydrogen) atoms. The Bertz CT molecular complexity index is 998. The summed E-state index contributed by atoms with van der Waals surface area (Å²) in [5.74, 6) is 0.927. The Morgan fingerprint density at radius 2 is 1.83 bits per heavy atom. The summed E-state index contributed by atoms with van der Waals surface area (Å²) < 4.78 is 0. The quantitative estimate of drug-likeness (QED) is 0.694. The number of benzene rings is 2. The van der Waals surface area contributed by atoms with E-state index in [1.807, 2.05) is 24.3 Å². The van der Waals surface area contributed by atoms with Gasteiger partial charge >= 0.3 is 0 Å². The molecule has 1 N–H and O–H groups in total. The number of nitrogens with one attached hydrogen (secondary N) is 1. The van der Waals surface area contributed by atoms with Gasteiger partial charge in [-0.15, -0.1) is 10.2 Å². The molecule has 3 aromatic rings. The number of carbonyl (C=O) groups excluding carboxylic acids is 1. The summed E-state index contributed by atoms with van der Waals surface area (Å²) in [4.78, 5) is 14.9. The van der Waals surface area contributed by atoms with E-state index in [1.165, 1.54) is 11.1 Å². The van der Waals surface area contributed by atoms with Gasteiger partial charge in [0.15, 0.2) is 5.82 Å². The van der Waals surface area contributed by atoms with Gasteiger partial charge in [0.05, 0.1) is 11.6 Å². The predicted octanol–water partition coefficient (Wildman–Crippen LogP) is 4.29. The highest BCUT2D eigenvalue weighted by Gasteiger charge is 2.26. The van der Waals surface area contributed by atoms with Crippen LogP contribution >= 0.6 is 0 Å². The SMILES string of the molecule is Cc1ccc(-c2ccc(N3CCC[C@@H](C(=O)NCc4ccccc4C)C3)nn2)cc1. The van der Waals surface area contributed by atoms with Gasteiger partial charge in [0.1, 0.15) is 0 Å². The lowest BCUT2D eigenvalue weighted by molar-refractivity contribution is -0.125. The van der Waals surface area contributed by atoms with Crippen LogP contribution in [0.5, 0.6) is 0 Å². The molecular weight excluding hydrogens is 372 g/mol. The molecular formula is C25H28N4O. The number of nitrogens with zero attached hydrogens (tertiary/aromatic N) is 3. The normalized spacial score (nSPS) is 16.3. The fraction of sp³-hybridized carbons (Fsp3) is 0.320. The molecule has 1 saturated heterocycles. The Hall–Kier alpha value is -3.21. The van der Waals surface area contributed by atoms with E-state index in [4.69, 9.17) is 0 Å². The number of rotatable bonds is 5. The highest BCUT2D eigenvalue weighted by molar-refractivity contribution is 5.79. The second kappa shape index (κ2) is 9.08. The van der Waals surface area contributed by atoms with Crippen LogP contribution in [0, 0.1) is 19.8 Å². The average Bonchev–Trinajstić information content (AvgIpc) is 2.79. The Labute approximate surface area is 178 Å². The van der Waals surface area contributed by atoms with E-state index < -0.39 is 0 Å². The molecule has 2 aromatic carbocycles. The first kappa shape index (κ1) is 20.1. The van der Waals surface area contributed by atoms with Crippen LogP contribution in [-0.4, -0.2) is 29.2 Å². The van der Waals surface area contributed by atoms with Crippen molar-refractivity contribution in [3.63, 3.8) is 0 Å². The van der Waals surface area contributed by atoms with Crippen LogP contribution in [0.15, 0.2) is 60.7 Å². The Morgan fingerprint density at radius 1 is 1.03 bits per heavy atom. The monoisotopic (exact) mass is 400 g/mol. The summed E-state index contributed by atoms with van der Waals surface area (Å²) in [6.07, 6.45) is 1.88. The third-order valence-corrected chi connectivity index (χ3v) is 5.83. The van der Waals surface area contributed by atoms with Crippen LogP contribution in [0.3, 0.4) is 0 Å². The van der Waals surface area contributed by atoms with Crippen molar-refractivity contribution in [2.75, 3.05) is 18.0 Å². The minimum Gasteiger partial charge on any atom is -0.354 e. The highest BCUT2D eigenvalue weighted by Crippen LogP contribution is 2.24. The van der Waals surface area contributed by atoms with Crippen LogP contribution in [0.4, 0.5) is 5.82 Å². The fourth-order valence-electron chi connectivity index (χ4n) is 3.91. The van der Waals surface area contributed by atoms with Gasteiger partial charge in [-0.1, -0.05) is 54.1 Å². The topological polar surface area (TPSA) is 58.1 Å². The van der Waals surface area contributed by atoms with Crippen LogP contribution in [0.25, 0.3) is 11.3 Å². The summed E-state index contributed by atoms with van der Waals surface area (Å²) in [7, 11) is 0. The maximum Gasteiger partial charge on any atom is 0.225 e. The van der Waals surface area contributed by atoms with Crippen LogP contribution in [-0.2, 0) is 11.3 Å². The Kier molecular flexibility index (Phi) is 6.07. The first-order valence-corrected chi connectivity index (χ1v) is 10.6. The minimum atomic E-state index is -0.0265. The number of hydrogen-bond acceptors (Lipinski definition) is 4. The van der Waals surface area contributed by atoms with Crippen molar-refractivity contribution in [2.45, 2.75) is 33.2 Å². The van der Waals surface area contributed by atoms with Crippen molar-refractivity contribution in [3.8, 4) is 11.3 Å². The Balaban J connectivity index is 1.38. The van der Waals surface area contributed by atoms with Gasteiger partial charge < -0.3 is 10.2 Å². The van der Waals surface area contributed by atoms with Crippen molar-refractivity contribution in [2.24, 2.45) is 5.92 Å². The van der Waals surface area contributed by atoms with E-state index in [9.17, 15) is 4.79 Å². The first-order chi connectivity index (χ1) is 14.6. The molecule has 1 aliphatic rings. The summed E-state index contributed by atoms with van der Waals surface area (Å²) in [5.41, 5.74) is 5.52. The zero-order chi connectivity index (χ0) is 20.9. The maximum absolute atomic E-state index is 12.8. The van der Waals surface area contributed by atoms with E-state index in [0.717, 1.165) is 42.0 Å². The standard InChI is InChI=1S/C25H28N4O/c1-18-9-11-20(12-10-18)23-13-14-24(28-27-23)29-15-5-8-22(17-29)25(30)26-16-21-7-4-3-6-19(21)2/h3-4,6-7,9-14,22H,5,8,15-17H2,1-2H3,(H,26,30)/t22-/m1/s1. The lowest BCUT2D eigenvalue weighted by atomic mass is 9.97. The summed E-state index contributed by atoms with van der Waals surface area (Å²) in [6.45, 7) is 6.30. The van der Waals surface area contributed by atoms with Gasteiger partial charge in [-0.05, 0) is 49.9 Å². The van der Waals surface area contributed by atoms with Crippen molar-refractivity contribution < 1.29 is 4.79 Å². The smallest absolute Gasteiger partial charge is 0.225 e. The molecule has 4 rings (SSSR count). The molecule has 0 aliphatic carbocycles. The van der Waals surface area contributed by atoms with E-state index >= 15 is 0 Å². The van der Waals surface area contributed by atoms with Crippen LogP contribution in [0.1, 0.15) is 29.5 Å². The lowest BCUT2D eigenvalue weighted by Gasteiger charge is -2.32. The summed E-state index contributed by atoms with van der Waals surface area (Å²) >= 11 is 0. The van der Waals surface area contributed by atoms with Gasteiger partial charge in [0.2, 0.25) is 5.91 Å². The van der Waals surface area contributed by atoms with Crippen LogP contribution in [0.2, 0.25) is 0 Å². The van der Waals surface area contributed by atoms with Gasteiger partial charge in [-0.25, -0.2) is 0 Å². The van der Waals surface area contributed by atoms with E-state index in [2.05, 4.69) is 70.7 Å². The zero-order valence-electron chi connectivity index (χ0n) is 17.6. The van der Waals surface area contributed by atoms with Crippen molar-refractivity contribution >= 4 is 11.7 Å². The zero-order valence-corrected chi connectivity index (χ0v) is 17.6. The average molecular weight is 401 g/mol. The molecule has 5 heteroatoms. The van der Waals surface area contributed by atoms with Gasteiger partial charge in [-0.2, -0.15) is 0 Å². The molecule has 1 aromatic heterocycles. The molecule has 0 radical (unpaired) electrons. The van der Waals surface area contributed by atoms with Crippen molar-refractivity contribution in [3.05, 3.63) is 77.4 Å². The number of piperidine rings is 1. The van der Waals surface area contributed by atoms with Gasteiger partial charge in [-0.3, -0.25) is 4.79 Å². The molecule has 0 saturated carbocycles. The largest absolute Gasteiger partial charge is 0.354 e. The van der Waals surface area contributed by atoms with Crippen molar-refractivity contribution in [1.82, 2.24) is 15.5 Å². The second-order valence-electron chi connectivity index (χ2n) is 8.07. The number of anilines is 1. The number of carbonyl (C=O) groups is 1. The van der Waals surface area contributed by atoms with Crippen LogP contribution < -0.4 is 10.2 Å². The molecule has 5 nitrogen and oxygen atoms in total. The number of aryl methyl sites for hydroxylation is 2.